The lowest BCUT2D eigenvalue weighted by Crippen LogP contribution is -2.45. The van der Waals surface area contributed by atoms with E-state index >= 15 is 0 Å². The molecular weight excluding hydrogens is 284 g/mol. The molecule has 124 valence electrons. The van der Waals surface area contributed by atoms with Gasteiger partial charge in [-0.1, -0.05) is 57.0 Å². The van der Waals surface area contributed by atoms with Crippen LogP contribution in [0.2, 0.25) is 0 Å². The molecule has 2 heterocycles. The van der Waals surface area contributed by atoms with Crippen LogP contribution in [-0.4, -0.2) is 11.9 Å². The topological polar surface area (TPSA) is 26.3 Å². The molecule has 0 amide bonds. The highest BCUT2D eigenvalue weighted by atomic mass is 16.5. The minimum Gasteiger partial charge on any atom is -0.360 e. The molecule has 2 radical (unpaired) electrons. The van der Waals surface area contributed by atoms with Gasteiger partial charge in [0.1, 0.15) is 0 Å². The maximum absolute atomic E-state index is 12.9. The number of carbonyl (C=O) groups is 1. The monoisotopic (exact) mass is 312 g/mol. The van der Waals surface area contributed by atoms with Crippen molar-refractivity contribution >= 4 is 5.78 Å². The van der Waals surface area contributed by atoms with Crippen molar-refractivity contribution in [1.82, 2.24) is 0 Å². The molecule has 1 aromatic rings. The fourth-order valence-corrected chi connectivity index (χ4v) is 4.29. The SMILES string of the molecule is [CH2]CCC(CC(=O)[C]1OC2CCC1CC2CC)c1ccccc1. The maximum atomic E-state index is 12.9. The van der Waals surface area contributed by atoms with E-state index in [1.807, 2.05) is 18.2 Å². The van der Waals surface area contributed by atoms with Gasteiger partial charge in [0.15, 0.2) is 11.9 Å². The number of benzene rings is 1. The van der Waals surface area contributed by atoms with Crippen LogP contribution in [0, 0.1) is 24.9 Å². The zero-order chi connectivity index (χ0) is 16.2. The van der Waals surface area contributed by atoms with E-state index in [-0.39, 0.29) is 17.8 Å². The first kappa shape index (κ1) is 16.7. The van der Waals surface area contributed by atoms with E-state index in [4.69, 9.17) is 4.74 Å². The van der Waals surface area contributed by atoms with Crippen LogP contribution in [0.25, 0.3) is 0 Å². The molecule has 3 fully saturated rings. The van der Waals surface area contributed by atoms with Crippen LogP contribution in [-0.2, 0) is 9.53 Å². The summed E-state index contributed by atoms with van der Waals surface area (Å²) in [5.74, 6) is 1.51. The molecule has 2 nitrogen and oxygen atoms in total. The van der Waals surface area contributed by atoms with E-state index in [0.29, 0.717) is 18.3 Å². The number of rotatable bonds is 7. The molecule has 0 aromatic heterocycles. The second-order valence-electron chi connectivity index (χ2n) is 7.08. The first-order valence-corrected chi connectivity index (χ1v) is 9.13. The van der Waals surface area contributed by atoms with Gasteiger partial charge in [0.2, 0.25) is 0 Å². The third-order valence-electron chi connectivity index (χ3n) is 5.62. The average molecular weight is 312 g/mol. The quantitative estimate of drug-likeness (QED) is 0.700. The van der Waals surface area contributed by atoms with Crippen LogP contribution < -0.4 is 0 Å². The van der Waals surface area contributed by atoms with Gasteiger partial charge < -0.3 is 4.74 Å². The molecule has 0 spiro atoms. The van der Waals surface area contributed by atoms with Crippen LogP contribution in [0.5, 0.6) is 0 Å². The van der Waals surface area contributed by atoms with E-state index in [1.165, 1.54) is 5.56 Å². The minimum absolute atomic E-state index is 0.233. The Morgan fingerprint density at radius 1 is 1.30 bits per heavy atom. The molecule has 4 rings (SSSR count). The number of carbonyl (C=O) groups excluding carboxylic acids is 1. The van der Waals surface area contributed by atoms with Gasteiger partial charge >= 0.3 is 0 Å². The Morgan fingerprint density at radius 3 is 2.70 bits per heavy atom. The molecular formula is C21H28O2. The lowest BCUT2D eigenvalue weighted by molar-refractivity contribution is -0.142. The second-order valence-corrected chi connectivity index (χ2v) is 7.08. The second kappa shape index (κ2) is 7.61. The number of hydrogen-bond donors (Lipinski definition) is 0. The fourth-order valence-electron chi connectivity index (χ4n) is 4.29. The molecule has 1 aromatic carbocycles. The fraction of sp³-hybridized carbons (Fsp3) is 0.571. The zero-order valence-corrected chi connectivity index (χ0v) is 14.2. The van der Waals surface area contributed by atoms with Crippen molar-refractivity contribution in [2.45, 2.75) is 63.9 Å². The highest BCUT2D eigenvalue weighted by molar-refractivity contribution is 5.91. The smallest absolute Gasteiger partial charge is 0.169 e. The summed E-state index contributed by atoms with van der Waals surface area (Å²) in [6.45, 7) is 6.21. The molecule has 4 atom stereocenters. The normalized spacial score (nSPS) is 28.7. The Balaban J connectivity index is 1.66. The Kier molecular flexibility index (Phi) is 5.53. The predicted molar refractivity (Wildman–Crippen MR) is 92.6 cm³/mol. The Morgan fingerprint density at radius 2 is 2.09 bits per heavy atom. The molecule has 4 unspecified atom stereocenters. The lowest BCUT2D eigenvalue weighted by Gasteiger charge is -2.46. The maximum Gasteiger partial charge on any atom is 0.169 e. The van der Waals surface area contributed by atoms with Crippen molar-refractivity contribution in [2.75, 3.05) is 0 Å². The van der Waals surface area contributed by atoms with Crippen molar-refractivity contribution in [1.29, 1.82) is 0 Å². The van der Waals surface area contributed by atoms with E-state index in [1.54, 1.807) is 0 Å². The molecule has 23 heavy (non-hydrogen) atoms. The van der Waals surface area contributed by atoms with Crippen molar-refractivity contribution in [3.63, 3.8) is 0 Å². The van der Waals surface area contributed by atoms with Crippen molar-refractivity contribution in [3.8, 4) is 0 Å². The number of hydrogen-bond acceptors (Lipinski definition) is 2. The van der Waals surface area contributed by atoms with Gasteiger partial charge in [0.25, 0.3) is 0 Å². The van der Waals surface area contributed by atoms with Crippen LogP contribution >= 0.6 is 0 Å². The van der Waals surface area contributed by atoms with Crippen LogP contribution in [0.3, 0.4) is 0 Å². The predicted octanol–water partition coefficient (Wildman–Crippen LogP) is 5.10. The summed E-state index contributed by atoms with van der Waals surface area (Å²) in [6, 6.07) is 10.4. The molecule has 2 aliphatic heterocycles. The average Bonchev–Trinajstić information content (AvgIpc) is 2.62. The highest BCUT2D eigenvalue weighted by Gasteiger charge is 2.45. The molecule has 1 saturated carbocycles. The number of ketones is 1. The number of ether oxygens (including phenoxy) is 1. The molecule has 2 heteroatoms. The number of Topliss-reactive ketones (excluding diaryl/α,β-unsaturated/α-hetero) is 1. The first-order valence-electron chi connectivity index (χ1n) is 9.13. The van der Waals surface area contributed by atoms with Gasteiger partial charge in [-0.3, -0.25) is 4.79 Å². The molecule has 3 aliphatic rings. The molecule has 2 bridgehead atoms. The van der Waals surface area contributed by atoms with Gasteiger partial charge in [-0.15, -0.1) is 0 Å². The first-order chi connectivity index (χ1) is 11.2. The summed E-state index contributed by atoms with van der Waals surface area (Å²) in [7, 11) is 0. The minimum atomic E-state index is 0.233. The lowest BCUT2D eigenvalue weighted by atomic mass is 9.71. The Hall–Kier alpha value is -1.15. The summed E-state index contributed by atoms with van der Waals surface area (Å²) in [6.07, 6.45) is 8.01. The standard InChI is InChI=1S/C21H28O2/c1-3-8-17(16-9-6-5-7-10-16)14-19(22)21-18-11-12-20(23-21)15(4-2)13-18/h5-7,9-10,15,17-18,20H,1,3-4,8,11-14H2,2H3. The summed E-state index contributed by atoms with van der Waals surface area (Å²) in [5, 5.41) is 0. The summed E-state index contributed by atoms with van der Waals surface area (Å²) >= 11 is 0. The van der Waals surface area contributed by atoms with E-state index in [2.05, 4.69) is 26.0 Å². The third-order valence-corrected chi connectivity index (χ3v) is 5.62. The summed E-state index contributed by atoms with van der Waals surface area (Å²) in [5.41, 5.74) is 1.25. The summed E-state index contributed by atoms with van der Waals surface area (Å²) in [4.78, 5) is 12.9. The Bertz CT molecular complexity index is 510. The zero-order valence-electron chi connectivity index (χ0n) is 14.2. The van der Waals surface area contributed by atoms with Crippen LogP contribution in [0.4, 0.5) is 0 Å². The van der Waals surface area contributed by atoms with Crippen LogP contribution in [0.1, 0.15) is 63.4 Å². The Labute approximate surface area is 140 Å². The van der Waals surface area contributed by atoms with E-state index in [9.17, 15) is 4.79 Å². The largest absolute Gasteiger partial charge is 0.360 e. The van der Waals surface area contributed by atoms with E-state index < -0.39 is 0 Å². The summed E-state index contributed by atoms with van der Waals surface area (Å²) < 4.78 is 6.12. The van der Waals surface area contributed by atoms with Gasteiger partial charge in [0.05, 0.1) is 6.10 Å². The van der Waals surface area contributed by atoms with Crippen molar-refractivity contribution < 1.29 is 9.53 Å². The van der Waals surface area contributed by atoms with Crippen molar-refractivity contribution in [2.24, 2.45) is 11.8 Å². The molecule has 2 saturated heterocycles. The molecule has 1 aliphatic carbocycles. The van der Waals surface area contributed by atoms with Gasteiger partial charge in [-0.25, -0.2) is 0 Å². The highest BCUT2D eigenvalue weighted by Crippen LogP contribution is 2.47. The number of fused-ring (bicyclic) bond motifs is 3. The third kappa shape index (κ3) is 3.68. The van der Waals surface area contributed by atoms with E-state index in [0.717, 1.165) is 44.6 Å². The van der Waals surface area contributed by atoms with Gasteiger partial charge in [-0.05, 0) is 49.0 Å². The molecule has 0 N–H and O–H groups in total. The van der Waals surface area contributed by atoms with Gasteiger partial charge in [0, 0.05) is 6.42 Å². The van der Waals surface area contributed by atoms with Crippen LogP contribution in [0.15, 0.2) is 30.3 Å². The van der Waals surface area contributed by atoms with Crippen molar-refractivity contribution in [3.05, 3.63) is 48.9 Å². The van der Waals surface area contributed by atoms with Gasteiger partial charge in [-0.2, -0.15) is 0 Å².